The molecule has 92 valence electrons. The molecule has 0 atom stereocenters. The fourth-order valence-electron chi connectivity index (χ4n) is 1.16. The number of hydrogen-bond acceptors (Lipinski definition) is 5. The lowest BCUT2D eigenvalue weighted by atomic mass is 10.1. The van der Waals surface area contributed by atoms with Crippen molar-refractivity contribution in [2.75, 3.05) is 7.11 Å². The summed E-state index contributed by atoms with van der Waals surface area (Å²) < 4.78 is 29.7. The molecule has 17 heavy (non-hydrogen) atoms. The fourth-order valence-corrected chi connectivity index (χ4v) is 1.38. The van der Waals surface area contributed by atoms with Crippen molar-refractivity contribution in [1.82, 2.24) is 4.98 Å². The highest BCUT2D eigenvalue weighted by Crippen LogP contribution is 2.36. The number of methoxy groups -OCH3 is 1. The van der Waals surface area contributed by atoms with E-state index in [-0.39, 0.29) is 0 Å². The van der Waals surface area contributed by atoms with Gasteiger partial charge in [0, 0.05) is 6.20 Å². The second-order valence-corrected chi connectivity index (χ2v) is 3.13. The molecule has 0 fully saturated rings. The van der Waals surface area contributed by atoms with E-state index >= 15 is 0 Å². The van der Waals surface area contributed by atoms with Gasteiger partial charge in [0.2, 0.25) is 5.15 Å². The van der Waals surface area contributed by atoms with E-state index in [9.17, 15) is 23.7 Å². The molecule has 0 aliphatic rings. The average Bonchev–Trinajstić information content (AvgIpc) is 2.26. The summed E-state index contributed by atoms with van der Waals surface area (Å²) in [6.45, 7) is 0. The van der Waals surface area contributed by atoms with Gasteiger partial charge in [-0.15, -0.1) is 0 Å². The van der Waals surface area contributed by atoms with Crippen molar-refractivity contribution >= 4 is 23.3 Å². The summed E-state index contributed by atoms with van der Waals surface area (Å²) in [6, 6.07) is 0. The van der Waals surface area contributed by atoms with Crippen LogP contribution in [-0.2, 0) is 4.74 Å². The molecule has 1 aromatic heterocycles. The van der Waals surface area contributed by atoms with Crippen LogP contribution in [-0.4, -0.2) is 23.0 Å². The molecule has 0 N–H and O–H groups in total. The van der Waals surface area contributed by atoms with Crippen LogP contribution in [0.4, 0.5) is 14.5 Å². The van der Waals surface area contributed by atoms with Crippen molar-refractivity contribution < 1.29 is 23.2 Å². The molecule has 0 radical (unpaired) electrons. The molecule has 0 unspecified atom stereocenters. The summed E-state index contributed by atoms with van der Waals surface area (Å²) in [7, 11) is 0.956. The molecule has 0 saturated heterocycles. The van der Waals surface area contributed by atoms with Crippen LogP contribution in [0.15, 0.2) is 6.20 Å². The summed E-state index contributed by atoms with van der Waals surface area (Å²) in [5, 5.41) is 9.90. The van der Waals surface area contributed by atoms with Crippen molar-refractivity contribution in [2.45, 2.75) is 6.43 Å². The number of halogens is 3. The van der Waals surface area contributed by atoms with Crippen LogP contribution in [0.2, 0.25) is 5.15 Å². The zero-order valence-electron chi connectivity index (χ0n) is 8.32. The van der Waals surface area contributed by atoms with Crippen LogP contribution < -0.4 is 0 Å². The number of alkyl halides is 2. The fraction of sp³-hybridized carbons (Fsp3) is 0.250. The Balaban J connectivity index is 3.59. The van der Waals surface area contributed by atoms with E-state index < -0.39 is 39.3 Å². The topological polar surface area (TPSA) is 82.3 Å². The average molecular weight is 267 g/mol. The molecule has 0 aliphatic heterocycles. The molecule has 6 nitrogen and oxygen atoms in total. The van der Waals surface area contributed by atoms with Crippen LogP contribution >= 0.6 is 11.6 Å². The van der Waals surface area contributed by atoms with E-state index in [0.29, 0.717) is 6.20 Å². The molecular formula is C8H5ClF2N2O4. The van der Waals surface area contributed by atoms with Crippen molar-refractivity contribution in [3.63, 3.8) is 0 Å². The Hall–Kier alpha value is -1.83. The first-order valence-corrected chi connectivity index (χ1v) is 4.47. The number of hydrogen-bond donors (Lipinski definition) is 0. The van der Waals surface area contributed by atoms with Gasteiger partial charge in [0.15, 0.2) is 0 Å². The van der Waals surface area contributed by atoms with E-state index in [0.717, 1.165) is 7.11 Å². The summed E-state index contributed by atoms with van der Waals surface area (Å²) >= 11 is 5.35. The molecule has 0 bridgehead atoms. The van der Waals surface area contributed by atoms with Crippen LogP contribution in [0.1, 0.15) is 22.3 Å². The Morgan fingerprint density at radius 1 is 1.65 bits per heavy atom. The lowest BCUT2D eigenvalue weighted by molar-refractivity contribution is -0.386. The molecule has 0 aromatic carbocycles. The number of aromatic nitrogens is 1. The predicted molar refractivity (Wildman–Crippen MR) is 52.2 cm³/mol. The third-order valence-electron chi connectivity index (χ3n) is 1.85. The van der Waals surface area contributed by atoms with E-state index in [1.165, 1.54) is 0 Å². The van der Waals surface area contributed by atoms with Crippen LogP contribution in [0.3, 0.4) is 0 Å². The summed E-state index contributed by atoms with van der Waals surface area (Å²) in [5.74, 6) is -1.15. The van der Waals surface area contributed by atoms with E-state index in [2.05, 4.69) is 9.72 Å². The van der Waals surface area contributed by atoms with Crippen LogP contribution in [0.5, 0.6) is 0 Å². The molecule has 0 amide bonds. The van der Waals surface area contributed by atoms with Gasteiger partial charge >= 0.3 is 11.7 Å². The maximum atomic E-state index is 12.7. The second kappa shape index (κ2) is 5.00. The SMILES string of the molecule is COC(=O)c1cnc(Cl)c([N+](=O)[O-])c1C(F)F. The number of ether oxygens (including phenoxy) is 1. The van der Waals surface area contributed by atoms with Gasteiger partial charge in [-0.1, -0.05) is 11.6 Å². The Morgan fingerprint density at radius 3 is 2.65 bits per heavy atom. The maximum absolute atomic E-state index is 12.7. The van der Waals surface area contributed by atoms with Crippen molar-refractivity contribution in [1.29, 1.82) is 0 Å². The molecule has 1 heterocycles. The summed E-state index contributed by atoms with van der Waals surface area (Å²) in [4.78, 5) is 23.9. The zero-order valence-corrected chi connectivity index (χ0v) is 9.07. The second-order valence-electron chi connectivity index (χ2n) is 2.77. The lowest BCUT2D eigenvalue weighted by Gasteiger charge is -2.07. The molecule has 0 spiro atoms. The Morgan fingerprint density at radius 2 is 2.24 bits per heavy atom. The quantitative estimate of drug-likeness (QED) is 0.363. The third kappa shape index (κ3) is 2.47. The molecular weight excluding hydrogens is 262 g/mol. The predicted octanol–water partition coefficient (Wildman–Crippen LogP) is 2.37. The number of nitro groups is 1. The summed E-state index contributed by atoms with van der Waals surface area (Å²) in [6.07, 6.45) is -2.53. The minimum Gasteiger partial charge on any atom is -0.465 e. The third-order valence-corrected chi connectivity index (χ3v) is 2.13. The maximum Gasteiger partial charge on any atom is 0.340 e. The van der Waals surface area contributed by atoms with Gasteiger partial charge in [0.25, 0.3) is 6.43 Å². The Kier molecular flexibility index (Phi) is 3.89. The highest BCUT2D eigenvalue weighted by molar-refractivity contribution is 6.31. The number of pyridine rings is 1. The molecule has 9 heteroatoms. The first-order chi connectivity index (χ1) is 7.90. The smallest absolute Gasteiger partial charge is 0.340 e. The first-order valence-electron chi connectivity index (χ1n) is 4.09. The largest absolute Gasteiger partial charge is 0.465 e. The van der Waals surface area contributed by atoms with Gasteiger partial charge in [0.05, 0.1) is 17.6 Å². The van der Waals surface area contributed by atoms with Crippen LogP contribution in [0, 0.1) is 10.1 Å². The number of rotatable bonds is 3. The first kappa shape index (κ1) is 13.2. The van der Waals surface area contributed by atoms with Gasteiger partial charge in [-0.2, -0.15) is 0 Å². The minimum absolute atomic E-state index is 0.682. The van der Waals surface area contributed by atoms with Gasteiger partial charge in [-0.25, -0.2) is 18.6 Å². The van der Waals surface area contributed by atoms with E-state index in [1.54, 1.807) is 0 Å². The zero-order chi connectivity index (χ0) is 13.2. The van der Waals surface area contributed by atoms with Crippen molar-refractivity contribution in [3.8, 4) is 0 Å². The molecule has 1 aromatic rings. The highest BCUT2D eigenvalue weighted by Gasteiger charge is 2.32. The van der Waals surface area contributed by atoms with E-state index in [4.69, 9.17) is 11.6 Å². The van der Waals surface area contributed by atoms with Crippen molar-refractivity contribution in [3.05, 3.63) is 32.6 Å². The van der Waals surface area contributed by atoms with Crippen LogP contribution in [0.25, 0.3) is 0 Å². The Labute approximate surface area is 98.3 Å². The number of carbonyl (C=O) groups excluding carboxylic acids is 1. The highest BCUT2D eigenvalue weighted by atomic mass is 35.5. The lowest BCUT2D eigenvalue weighted by Crippen LogP contribution is -2.10. The normalized spacial score (nSPS) is 10.4. The number of esters is 1. The summed E-state index contributed by atoms with van der Waals surface area (Å²) in [5.41, 5.74) is -2.87. The minimum atomic E-state index is -3.25. The molecule has 1 rings (SSSR count). The van der Waals surface area contributed by atoms with E-state index in [1.807, 2.05) is 0 Å². The number of nitrogens with zero attached hydrogens (tertiary/aromatic N) is 2. The standard InChI is InChI=1S/C8H5ClF2N2O4/c1-17-8(14)3-2-12-6(9)5(13(15)16)4(3)7(10)11/h2,7H,1H3. The van der Waals surface area contributed by atoms with Gasteiger partial charge in [0.1, 0.15) is 5.56 Å². The number of carbonyl (C=O) groups is 1. The van der Waals surface area contributed by atoms with Crippen molar-refractivity contribution in [2.24, 2.45) is 0 Å². The monoisotopic (exact) mass is 266 g/mol. The molecule has 0 saturated carbocycles. The van der Waals surface area contributed by atoms with Gasteiger partial charge in [-0.3, -0.25) is 10.1 Å². The molecule has 0 aliphatic carbocycles. The van der Waals surface area contributed by atoms with Gasteiger partial charge < -0.3 is 4.74 Å². The Bertz CT molecular complexity index is 481. The van der Waals surface area contributed by atoms with Gasteiger partial charge in [-0.05, 0) is 0 Å².